The average Bonchev–Trinajstić information content (AvgIpc) is 3.01. The molecule has 3 heterocycles. The number of piperidine rings is 1. The molecule has 0 saturated carbocycles. The topological polar surface area (TPSA) is 126 Å². The van der Waals surface area contributed by atoms with Gasteiger partial charge in [-0.1, -0.05) is 12.8 Å². The van der Waals surface area contributed by atoms with E-state index in [1.807, 2.05) is 11.9 Å². The first-order chi connectivity index (χ1) is 14.3. The Morgan fingerprint density at radius 1 is 1.17 bits per heavy atom. The molecular formula is C20H36N6O4. The lowest BCUT2D eigenvalue weighted by molar-refractivity contribution is -0.137. The lowest BCUT2D eigenvalue weighted by Crippen LogP contribution is -2.54. The van der Waals surface area contributed by atoms with Crippen LogP contribution < -0.4 is 5.73 Å². The van der Waals surface area contributed by atoms with Crippen LogP contribution in [0, 0.1) is 11.3 Å². The number of carbonyl (C=O) groups is 2. The minimum Gasteiger partial charge on any atom is -0.481 e. The molecule has 3 fully saturated rings. The molecule has 3 rings (SSSR count). The van der Waals surface area contributed by atoms with E-state index >= 15 is 0 Å². The molecule has 1 amide bonds. The Morgan fingerprint density at radius 2 is 1.83 bits per heavy atom. The Morgan fingerprint density at radius 3 is 2.43 bits per heavy atom. The first kappa shape index (κ1) is 22.6. The van der Waals surface area contributed by atoms with Gasteiger partial charge in [0.25, 0.3) is 0 Å². The van der Waals surface area contributed by atoms with Crippen LogP contribution in [0.1, 0.15) is 38.5 Å². The summed E-state index contributed by atoms with van der Waals surface area (Å²) in [5.74, 6) is 0.0542. The van der Waals surface area contributed by atoms with Crippen LogP contribution in [0.4, 0.5) is 4.79 Å². The second kappa shape index (κ2) is 10.3. The Labute approximate surface area is 178 Å². The van der Waals surface area contributed by atoms with E-state index in [4.69, 9.17) is 21.0 Å². The molecule has 4 N–H and O–H groups in total. The Kier molecular flexibility index (Phi) is 7.76. The highest BCUT2D eigenvalue weighted by molar-refractivity contribution is 5.74. The van der Waals surface area contributed by atoms with Crippen molar-refractivity contribution in [1.82, 2.24) is 19.6 Å². The Balaban J connectivity index is 1.44. The van der Waals surface area contributed by atoms with Crippen molar-refractivity contribution >= 4 is 18.0 Å². The highest BCUT2D eigenvalue weighted by Crippen LogP contribution is 2.28. The van der Waals surface area contributed by atoms with E-state index in [0.717, 1.165) is 71.4 Å². The molecule has 3 aliphatic rings. The number of carboxylic acid groups (broad SMARTS) is 1. The number of guanidine groups is 1. The van der Waals surface area contributed by atoms with Gasteiger partial charge in [-0.05, 0) is 25.2 Å². The zero-order valence-electron chi connectivity index (χ0n) is 18.0. The number of rotatable bonds is 8. The number of cyclic esters (lactones) is 1. The van der Waals surface area contributed by atoms with Gasteiger partial charge in [0.2, 0.25) is 0 Å². The van der Waals surface area contributed by atoms with E-state index in [-0.39, 0.29) is 30.7 Å². The standard InChI is InChI=1S/C20H36N6O4/c1-23-16(4-2-3-15-5-9-26(10-6-15)19(21)22)18(30-20(23)29)25-13-11-24(12-14-25)8-7-17(27)28/h15-16,18H,2-14H2,1H3,(H3,21,22)(H,27,28). The van der Waals surface area contributed by atoms with Gasteiger partial charge in [-0.15, -0.1) is 0 Å². The predicted molar refractivity (Wildman–Crippen MR) is 112 cm³/mol. The van der Waals surface area contributed by atoms with Gasteiger partial charge in [-0.2, -0.15) is 0 Å². The van der Waals surface area contributed by atoms with Crippen molar-refractivity contribution in [2.45, 2.75) is 50.8 Å². The van der Waals surface area contributed by atoms with E-state index in [2.05, 4.69) is 9.80 Å². The summed E-state index contributed by atoms with van der Waals surface area (Å²) in [4.78, 5) is 31.0. The molecule has 0 bridgehead atoms. The molecule has 0 radical (unpaired) electrons. The maximum atomic E-state index is 12.2. The average molecular weight is 425 g/mol. The number of piperazine rings is 1. The maximum absolute atomic E-state index is 12.2. The smallest absolute Gasteiger partial charge is 0.411 e. The minimum absolute atomic E-state index is 0.0559. The highest BCUT2D eigenvalue weighted by atomic mass is 16.6. The molecule has 170 valence electrons. The van der Waals surface area contributed by atoms with Gasteiger partial charge in [0.15, 0.2) is 12.2 Å². The van der Waals surface area contributed by atoms with Crippen LogP contribution in [0.5, 0.6) is 0 Å². The van der Waals surface area contributed by atoms with Gasteiger partial charge in [-0.25, -0.2) is 4.79 Å². The molecule has 0 spiro atoms. The van der Waals surface area contributed by atoms with Crippen molar-refractivity contribution in [3.05, 3.63) is 0 Å². The largest absolute Gasteiger partial charge is 0.481 e. The fourth-order valence-electron chi connectivity index (χ4n) is 4.82. The van der Waals surface area contributed by atoms with Crippen molar-refractivity contribution in [2.24, 2.45) is 11.7 Å². The molecule has 3 saturated heterocycles. The summed E-state index contributed by atoms with van der Waals surface area (Å²) in [6.45, 7) is 5.45. The quantitative estimate of drug-likeness (QED) is 0.383. The van der Waals surface area contributed by atoms with Gasteiger partial charge in [0, 0.05) is 52.9 Å². The third-order valence-electron chi connectivity index (χ3n) is 6.81. The molecule has 0 aromatic heterocycles. The van der Waals surface area contributed by atoms with Gasteiger partial charge < -0.3 is 30.3 Å². The number of hydrogen-bond acceptors (Lipinski definition) is 6. The molecule has 0 aromatic carbocycles. The van der Waals surface area contributed by atoms with E-state index in [0.29, 0.717) is 12.5 Å². The second-order valence-corrected chi connectivity index (χ2v) is 8.72. The van der Waals surface area contributed by atoms with E-state index in [1.165, 1.54) is 0 Å². The number of ether oxygens (including phenoxy) is 1. The van der Waals surface area contributed by atoms with Crippen LogP contribution in [0.15, 0.2) is 0 Å². The van der Waals surface area contributed by atoms with Crippen molar-refractivity contribution < 1.29 is 19.4 Å². The number of amides is 1. The van der Waals surface area contributed by atoms with E-state index in [9.17, 15) is 9.59 Å². The van der Waals surface area contributed by atoms with Crippen LogP contribution in [0.25, 0.3) is 0 Å². The lowest BCUT2D eigenvalue weighted by Gasteiger charge is -2.38. The Hall–Kier alpha value is -2.07. The molecule has 10 nitrogen and oxygen atoms in total. The zero-order chi connectivity index (χ0) is 21.7. The van der Waals surface area contributed by atoms with Crippen molar-refractivity contribution in [1.29, 1.82) is 5.41 Å². The number of aliphatic carboxylic acids is 1. The van der Waals surface area contributed by atoms with Crippen LogP contribution in [0.2, 0.25) is 0 Å². The summed E-state index contributed by atoms with van der Waals surface area (Å²) in [6, 6.07) is 0.0559. The summed E-state index contributed by atoms with van der Waals surface area (Å²) in [6.07, 6.45) is 4.91. The number of likely N-dealkylation sites (N-methyl/N-ethyl adjacent to an activating group) is 1. The number of carboxylic acids is 1. The first-order valence-corrected chi connectivity index (χ1v) is 11.1. The first-order valence-electron chi connectivity index (χ1n) is 11.1. The normalized spacial score (nSPS) is 26.8. The molecule has 10 heteroatoms. The van der Waals surface area contributed by atoms with Crippen LogP contribution >= 0.6 is 0 Å². The predicted octanol–water partition coefficient (Wildman–Crippen LogP) is 0.631. The van der Waals surface area contributed by atoms with E-state index < -0.39 is 5.97 Å². The summed E-state index contributed by atoms with van der Waals surface area (Å²) in [5, 5.41) is 16.4. The van der Waals surface area contributed by atoms with Gasteiger partial charge in [-0.3, -0.25) is 15.1 Å². The van der Waals surface area contributed by atoms with Crippen LogP contribution in [-0.2, 0) is 9.53 Å². The molecular weight excluding hydrogens is 388 g/mol. The van der Waals surface area contributed by atoms with Crippen LogP contribution in [0.3, 0.4) is 0 Å². The van der Waals surface area contributed by atoms with Crippen molar-refractivity contribution in [3.63, 3.8) is 0 Å². The molecule has 2 atom stereocenters. The number of hydrogen-bond donors (Lipinski definition) is 3. The summed E-state index contributed by atoms with van der Waals surface area (Å²) < 4.78 is 5.70. The lowest BCUT2D eigenvalue weighted by atomic mass is 9.90. The number of nitrogens with zero attached hydrogens (tertiary/aromatic N) is 4. The second-order valence-electron chi connectivity index (χ2n) is 8.72. The van der Waals surface area contributed by atoms with Crippen molar-refractivity contribution in [3.8, 4) is 0 Å². The third-order valence-corrected chi connectivity index (χ3v) is 6.81. The number of likely N-dealkylation sites (tertiary alicyclic amines) is 1. The summed E-state index contributed by atoms with van der Waals surface area (Å²) >= 11 is 0. The molecule has 0 aromatic rings. The van der Waals surface area contributed by atoms with Gasteiger partial charge in [0.1, 0.15) is 0 Å². The number of nitrogens with one attached hydrogen (secondary N) is 1. The highest BCUT2D eigenvalue weighted by Gasteiger charge is 2.43. The van der Waals surface area contributed by atoms with E-state index in [1.54, 1.807) is 4.90 Å². The fraction of sp³-hybridized carbons (Fsp3) is 0.850. The van der Waals surface area contributed by atoms with Gasteiger partial charge in [0.05, 0.1) is 12.5 Å². The SMILES string of the molecule is CN1C(=O)OC(N2CCN(CCC(=O)O)CC2)C1CCCC1CCN(C(=N)N)CC1. The Bertz CT molecular complexity index is 616. The van der Waals surface area contributed by atoms with Crippen molar-refractivity contribution in [2.75, 3.05) is 52.9 Å². The molecule has 30 heavy (non-hydrogen) atoms. The number of nitrogens with two attached hydrogens (primary N) is 1. The monoisotopic (exact) mass is 424 g/mol. The molecule has 0 aliphatic carbocycles. The zero-order valence-corrected chi connectivity index (χ0v) is 18.0. The summed E-state index contributed by atoms with van der Waals surface area (Å²) in [7, 11) is 1.82. The molecule has 3 aliphatic heterocycles. The molecule has 2 unspecified atom stereocenters. The maximum Gasteiger partial charge on any atom is 0.411 e. The van der Waals surface area contributed by atoms with Crippen LogP contribution in [-0.4, -0.2) is 108 Å². The number of carbonyl (C=O) groups excluding carboxylic acids is 1. The third kappa shape index (κ3) is 5.75. The summed E-state index contributed by atoms with van der Waals surface area (Å²) in [5.41, 5.74) is 5.57. The fourth-order valence-corrected chi connectivity index (χ4v) is 4.82. The van der Waals surface area contributed by atoms with Gasteiger partial charge >= 0.3 is 12.1 Å². The minimum atomic E-state index is -0.768.